The van der Waals surface area contributed by atoms with E-state index in [4.69, 9.17) is 4.74 Å². The number of methoxy groups -OCH3 is 1. The molecule has 0 bridgehead atoms. The summed E-state index contributed by atoms with van der Waals surface area (Å²) in [5.74, 6) is 0. The zero-order valence-corrected chi connectivity index (χ0v) is 12.2. The number of nitrogens with zero attached hydrogens (tertiary/aromatic N) is 1. The molecule has 0 fully saturated rings. The highest BCUT2D eigenvalue weighted by molar-refractivity contribution is 5.93. The van der Waals surface area contributed by atoms with Gasteiger partial charge in [-0.05, 0) is 31.9 Å². The number of para-hydroxylation sites is 1. The fraction of sp³-hybridized carbons (Fsp3) is 0.438. The second-order valence-corrected chi connectivity index (χ2v) is 4.85. The number of anilines is 1. The molecule has 0 saturated heterocycles. The van der Waals surface area contributed by atoms with E-state index in [-0.39, 0.29) is 6.10 Å². The maximum atomic E-state index is 5.31. The third-order valence-corrected chi connectivity index (χ3v) is 3.52. The molecule has 0 amide bonds. The predicted octanol–water partition coefficient (Wildman–Crippen LogP) is 3.55. The van der Waals surface area contributed by atoms with Crippen molar-refractivity contribution in [3.05, 3.63) is 35.5 Å². The summed E-state index contributed by atoms with van der Waals surface area (Å²) < 4.78 is 5.31. The molecule has 1 heterocycles. The topological polar surface area (TPSA) is 34.2 Å². The van der Waals surface area contributed by atoms with Crippen molar-refractivity contribution in [2.45, 2.75) is 33.3 Å². The van der Waals surface area contributed by atoms with Crippen LogP contribution in [0.1, 0.15) is 25.1 Å². The first kappa shape index (κ1) is 13.8. The first-order valence-electron chi connectivity index (χ1n) is 6.82. The van der Waals surface area contributed by atoms with E-state index < -0.39 is 0 Å². The van der Waals surface area contributed by atoms with Crippen molar-refractivity contribution in [2.75, 3.05) is 19.0 Å². The molecule has 102 valence electrons. The lowest BCUT2D eigenvalue weighted by atomic mass is 10.0. The molecular formula is C16H22N2O. The molecule has 1 N–H and O–H groups in total. The van der Waals surface area contributed by atoms with Crippen molar-refractivity contribution in [3.63, 3.8) is 0 Å². The van der Waals surface area contributed by atoms with Gasteiger partial charge < -0.3 is 10.1 Å². The number of aryl methyl sites for hydroxylation is 1. The molecule has 0 spiro atoms. The lowest BCUT2D eigenvalue weighted by molar-refractivity contribution is 0.129. The quantitative estimate of drug-likeness (QED) is 0.890. The van der Waals surface area contributed by atoms with E-state index in [1.165, 1.54) is 16.6 Å². The van der Waals surface area contributed by atoms with E-state index >= 15 is 0 Å². The van der Waals surface area contributed by atoms with Gasteiger partial charge in [0.25, 0.3) is 0 Å². The van der Waals surface area contributed by atoms with Crippen molar-refractivity contribution in [3.8, 4) is 0 Å². The second-order valence-electron chi connectivity index (χ2n) is 4.85. The Morgan fingerprint density at radius 1 is 1.32 bits per heavy atom. The molecule has 1 atom stereocenters. The highest BCUT2D eigenvalue weighted by Gasteiger charge is 2.11. The number of hydrogen-bond acceptors (Lipinski definition) is 3. The number of benzene rings is 1. The van der Waals surface area contributed by atoms with Crippen LogP contribution in [0.3, 0.4) is 0 Å². The van der Waals surface area contributed by atoms with Gasteiger partial charge in [-0.1, -0.05) is 25.1 Å². The highest BCUT2D eigenvalue weighted by Crippen LogP contribution is 2.28. The minimum atomic E-state index is 0.192. The first-order chi connectivity index (χ1) is 9.17. The van der Waals surface area contributed by atoms with Crippen LogP contribution in [0.5, 0.6) is 0 Å². The minimum absolute atomic E-state index is 0.192. The number of nitrogens with one attached hydrogen (secondary N) is 1. The highest BCUT2D eigenvalue weighted by atomic mass is 16.5. The van der Waals surface area contributed by atoms with Gasteiger partial charge in [0.05, 0.1) is 11.6 Å². The summed E-state index contributed by atoms with van der Waals surface area (Å²) in [6.45, 7) is 7.12. The summed E-state index contributed by atoms with van der Waals surface area (Å²) in [4.78, 5) is 4.68. The Morgan fingerprint density at radius 2 is 2.05 bits per heavy atom. The summed E-state index contributed by atoms with van der Waals surface area (Å²) in [7, 11) is 1.74. The van der Waals surface area contributed by atoms with Gasteiger partial charge in [0.15, 0.2) is 0 Å². The zero-order chi connectivity index (χ0) is 13.8. The van der Waals surface area contributed by atoms with E-state index in [0.29, 0.717) is 0 Å². The number of aromatic nitrogens is 1. The van der Waals surface area contributed by atoms with Crippen LogP contribution in [0.25, 0.3) is 10.9 Å². The predicted molar refractivity (Wildman–Crippen MR) is 80.8 cm³/mol. The maximum absolute atomic E-state index is 5.31. The van der Waals surface area contributed by atoms with Crippen LogP contribution in [0.15, 0.2) is 24.3 Å². The molecule has 2 aromatic rings. The first-order valence-corrected chi connectivity index (χ1v) is 6.82. The van der Waals surface area contributed by atoms with Gasteiger partial charge >= 0.3 is 0 Å². The fourth-order valence-electron chi connectivity index (χ4n) is 2.34. The van der Waals surface area contributed by atoms with Crippen molar-refractivity contribution in [1.29, 1.82) is 0 Å². The molecule has 0 aliphatic heterocycles. The summed E-state index contributed by atoms with van der Waals surface area (Å²) in [6.07, 6.45) is 1.17. The smallest absolute Gasteiger partial charge is 0.0726 e. The Hall–Kier alpha value is -1.61. The molecule has 0 radical (unpaired) electrons. The van der Waals surface area contributed by atoms with Crippen LogP contribution < -0.4 is 5.32 Å². The van der Waals surface area contributed by atoms with E-state index in [2.05, 4.69) is 49.3 Å². The van der Waals surface area contributed by atoms with Crippen LogP contribution in [0.4, 0.5) is 5.69 Å². The van der Waals surface area contributed by atoms with Crippen LogP contribution in [-0.4, -0.2) is 24.7 Å². The van der Waals surface area contributed by atoms with E-state index in [1.54, 1.807) is 7.11 Å². The lowest BCUT2D eigenvalue weighted by Crippen LogP contribution is -2.19. The average Bonchev–Trinajstić information content (AvgIpc) is 2.43. The molecule has 3 nitrogen and oxygen atoms in total. The normalized spacial score (nSPS) is 12.6. The van der Waals surface area contributed by atoms with Crippen molar-refractivity contribution in [2.24, 2.45) is 0 Å². The molecule has 0 aliphatic rings. The molecule has 3 heteroatoms. The molecule has 1 aromatic heterocycles. The Balaban J connectivity index is 2.48. The van der Waals surface area contributed by atoms with Gasteiger partial charge in [0, 0.05) is 30.4 Å². The summed E-state index contributed by atoms with van der Waals surface area (Å²) in [5.41, 5.74) is 4.65. The molecule has 0 aliphatic carbocycles. The maximum Gasteiger partial charge on any atom is 0.0726 e. The Morgan fingerprint density at radius 3 is 2.74 bits per heavy atom. The van der Waals surface area contributed by atoms with Crippen LogP contribution >= 0.6 is 0 Å². The molecule has 1 aromatic carbocycles. The molecule has 1 unspecified atom stereocenters. The fourth-order valence-corrected chi connectivity index (χ4v) is 2.34. The van der Waals surface area contributed by atoms with Gasteiger partial charge in [-0.3, -0.25) is 4.98 Å². The van der Waals surface area contributed by atoms with E-state index in [0.717, 1.165) is 24.2 Å². The number of ether oxygens (including phenoxy) is 1. The monoisotopic (exact) mass is 258 g/mol. The third kappa shape index (κ3) is 2.87. The Bertz CT molecular complexity index is 566. The Labute approximate surface area is 115 Å². The second kappa shape index (κ2) is 6.02. The summed E-state index contributed by atoms with van der Waals surface area (Å²) in [5, 5.41) is 4.72. The van der Waals surface area contributed by atoms with Crippen molar-refractivity contribution < 1.29 is 4.74 Å². The molecule has 0 saturated carbocycles. The standard InChI is InChI=1S/C16H22N2O/c1-5-13-12(3)18-15-9-7-6-8-14(15)16(13)17-10-11(2)19-4/h6-9,11H,5,10H2,1-4H3,(H,17,18). The zero-order valence-electron chi connectivity index (χ0n) is 12.2. The van der Waals surface area contributed by atoms with Gasteiger partial charge in [0.1, 0.15) is 0 Å². The summed E-state index contributed by atoms with van der Waals surface area (Å²) in [6, 6.07) is 8.28. The molecule has 2 rings (SSSR count). The number of rotatable bonds is 5. The largest absolute Gasteiger partial charge is 0.382 e. The van der Waals surface area contributed by atoms with Crippen molar-refractivity contribution >= 4 is 16.6 Å². The van der Waals surface area contributed by atoms with Crippen LogP contribution in [0.2, 0.25) is 0 Å². The van der Waals surface area contributed by atoms with Crippen LogP contribution in [-0.2, 0) is 11.2 Å². The van der Waals surface area contributed by atoms with Gasteiger partial charge in [0.2, 0.25) is 0 Å². The van der Waals surface area contributed by atoms with Gasteiger partial charge in [-0.25, -0.2) is 0 Å². The molecular weight excluding hydrogens is 236 g/mol. The number of pyridine rings is 1. The Kier molecular flexibility index (Phi) is 4.38. The summed E-state index contributed by atoms with van der Waals surface area (Å²) >= 11 is 0. The van der Waals surface area contributed by atoms with Crippen LogP contribution in [0, 0.1) is 6.92 Å². The number of fused-ring (bicyclic) bond motifs is 1. The van der Waals surface area contributed by atoms with Gasteiger partial charge in [-0.15, -0.1) is 0 Å². The minimum Gasteiger partial charge on any atom is -0.382 e. The SMILES string of the molecule is CCc1c(C)nc2ccccc2c1NCC(C)OC. The molecule has 19 heavy (non-hydrogen) atoms. The van der Waals surface area contributed by atoms with E-state index in [1.807, 2.05) is 6.07 Å². The van der Waals surface area contributed by atoms with E-state index in [9.17, 15) is 0 Å². The van der Waals surface area contributed by atoms with Gasteiger partial charge in [-0.2, -0.15) is 0 Å². The van der Waals surface area contributed by atoms with Crippen molar-refractivity contribution in [1.82, 2.24) is 4.98 Å². The average molecular weight is 258 g/mol. The number of hydrogen-bond donors (Lipinski definition) is 1. The lowest BCUT2D eigenvalue weighted by Gasteiger charge is -2.18. The third-order valence-electron chi connectivity index (χ3n) is 3.52.